The van der Waals surface area contributed by atoms with E-state index in [1.807, 2.05) is 25.1 Å². The lowest BCUT2D eigenvalue weighted by molar-refractivity contribution is 0.0855. The molecule has 2 rings (SSSR count). The number of hydrogen-bond donors (Lipinski definition) is 1. The lowest BCUT2D eigenvalue weighted by atomic mass is 10.0. The maximum Gasteiger partial charge on any atom is 0.251 e. The summed E-state index contributed by atoms with van der Waals surface area (Å²) in [6.45, 7) is 1.88. The van der Waals surface area contributed by atoms with E-state index in [1.54, 1.807) is 36.4 Å². The van der Waals surface area contributed by atoms with Crippen molar-refractivity contribution in [3.05, 3.63) is 70.2 Å². The van der Waals surface area contributed by atoms with Crippen LogP contribution in [0.5, 0.6) is 0 Å². The first-order chi connectivity index (χ1) is 10.1. The third-order valence-electron chi connectivity index (χ3n) is 3.19. The van der Waals surface area contributed by atoms with E-state index in [9.17, 15) is 9.59 Å². The van der Waals surface area contributed by atoms with Gasteiger partial charge in [0.15, 0.2) is 5.78 Å². The second kappa shape index (κ2) is 7.18. The molecule has 1 amide bonds. The molecule has 0 aliphatic rings. The molecule has 4 heteroatoms. The maximum atomic E-state index is 12.4. The van der Waals surface area contributed by atoms with Crippen molar-refractivity contribution < 1.29 is 9.59 Å². The van der Waals surface area contributed by atoms with Crippen LogP contribution in [0.1, 0.15) is 34.1 Å². The molecule has 2 aromatic carbocycles. The summed E-state index contributed by atoms with van der Waals surface area (Å²) in [5, 5.41) is 2.80. The molecule has 21 heavy (non-hydrogen) atoms. The fraction of sp³-hybridized carbons (Fsp3) is 0.176. The van der Waals surface area contributed by atoms with E-state index in [0.717, 1.165) is 4.47 Å². The number of rotatable bonds is 5. The number of amides is 1. The maximum absolute atomic E-state index is 12.4. The van der Waals surface area contributed by atoms with Crippen molar-refractivity contribution in [2.45, 2.75) is 19.4 Å². The lowest BCUT2D eigenvalue weighted by Crippen LogP contribution is -2.40. The predicted molar refractivity (Wildman–Crippen MR) is 86.5 cm³/mol. The summed E-state index contributed by atoms with van der Waals surface area (Å²) in [5.74, 6) is -0.304. The van der Waals surface area contributed by atoms with E-state index in [2.05, 4.69) is 21.2 Å². The Balaban J connectivity index is 2.11. The molecule has 0 aliphatic carbocycles. The van der Waals surface area contributed by atoms with Gasteiger partial charge < -0.3 is 5.32 Å². The number of hydrogen-bond acceptors (Lipinski definition) is 2. The number of carbonyl (C=O) groups is 2. The minimum atomic E-state index is -0.515. The van der Waals surface area contributed by atoms with E-state index in [4.69, 9.17) is 0 Å². The van der Waals surface area contributed by atoms with Crippen LogP contribution in [0.2, 0.25) is 0 Å². The van der Waals surface area contributed by atoms with Gasteiger partial charge in [-0.2, -0.15) is 0 Å². The normalized spacial score (nSPS) is 11.7. The third kappa shape index (κ3) is 4.02. The zero-order chi connectivity index (χ0) is 15.2. The Morgan fingerprint density at radius 2 is 1.62 bits per heavy atom. The Hall–Kier alpha value is -1.94. The Kier molecular flexibility index (Phi) is 5.28. The molecule has 108 valence electrons. The van der Waals surface area contributed by atoms with E-state index < -0.39 is 6.04 Å². The van der Waals surface area contributed by atoms with Gasteiger partial charge in [0.25, 0.3) is 5.91 Å². The highest BCUT2D eigenvalue weighted by molar-refractivity contribution is 9.10. The average Bonchev–Trinajstić information content (AvgIpc) is 2.53. The predicted octanol–water partition coefficient (Wildman–Crippen LogP) is 3.84. The Labute approximate surface area is 132 Å². The van der Waals surface area contributed by atoms with Crippen LogP contribution in [0.25, 0.3) is 0 Å². The molecular formula is C17H16BrNO2. The SMILES string of the molecule is CCC(NC(=O)c1ccccc1)C(=O)c1ccc(Br)cc1. The fourth-order valence-corrected chi connectivity index (χ4v) is 2.26. The van der Waals surface area contributed by atoms with Crippen LogP contribution in [0, 0.1) is 0 Å². The standard InChI is InChI=1S/C17H16BrNO2/c1-2-15(16(20)12-8-10-14(18)11-9-12)19-17(21)13-6-4-3-5-7-13/h3-11,15H,2H2,1H3,(H,19,21). The van der Waals surface area contributed by atoms with Gasteiger partial charge in [0, 0.05) is 15.6 Å². The molecule has 0 saturated carbocycles. The summed E-state index contributed by atoms with van der Waals surface area (Å²) >= 11 is 3.34. The van der Waals surface area contributed by atoms with Crippen LogP contribution in [0.4, 0.5) is 0 Å². The van der Waals surface area contributed by atoms with E-state index >= 15 is 0 Å². The molecule has 0 fully saturated rings. The van der Waals surface area contributed by atoms with Gasteiger partial charge >= 0.3 is 0 Å². The minimum Gasteiger partial charge on any atom is -0.342 e. The third-order valence-corrected chi connectivity index (χ3v) is 3.72. The van der Waals surface area contributed by atoms with Crippen LogP contribution in [0.15, 0.2) is 59.1 Å². The number of ketones is 1. The molecule has 0 saturated heterocycles. The first-order valence-corrected chi connectivity index (χ1v) is 7.56. The molecule has 0 radical (unpaired) electrons. The largest absolute Gasteiger partial charge is 0.342 e. The van der Waals surface area contributed by atoms with Crippen LogP contribution >= 0.6 is 15.9 Å². The zero-order valence-corrected chi connectivity index (χ0v) is 13.3. The van der Waals surface area contributed by atoms with E-state index in [0.29, 0.717) is 17.5 Å². The molecule has 0 heterocycles. The number of carbonyl (C=O) groups excluding carboxylic acids is 2. The highest BCUT2D eigenvalue weighted by Gasteiger charge is 2.20. The molecule has 1 N–H and O–H groups in total. The van der Waals surface area contributed by atoms with Gasteiger partial charge in [-0.15, -0.1) is 0 Å². The van der Waals surface area contributed by atoms with Crippen molar-refractivity contribution >= 4 is 27.6 Å². The van der Waals surface area contributed by atoms with Gasteiger partial charge in [0.05, 0.1) is 6.04 Å². The molecule has 1 atom stereocenters. The van der Waals surface area contributed by atoms with Crippen LogP contribution in [-0.2, 0) is 0 Å². The van der Waals surface area contributed by atoms with Gasteiger partial charge in [-0.1, -0.05) is 53.2 Å². The first-order valence-electron chi connectivity index (χ1n) is 6.77. The summed E-state index contributed by atoms with van der Waals surface area (Å²) < 4.78 is 0.917. The average molecular weight is 346 g/mol. The highest BCUT2D eigenvalue weighted by atomic mass is 79.9. The van der Waals surface area contributed by atoms with Crippen LogP contribution in [-0.4, -0.2) is 17.7 Å². The second-order valence-corrected chi connectivity index (χ2v) is 5.59. The molecule has 1 unspecified atom stereocenters. The van der Waals surface area contributed by atoms with Crippen molar-refractivity contribution in [2.24, 2.45) is 0 Å². The van der Waals surface area contributed by atoms with Gasteiger partial charge in [-0.3, -0.25) is 9.59 Å². The number of nitrogens with one attached hydrogen (secondary N) is 1. The molecule has 2 aromatic rings. The monoisotopic (exact) mass is 345 g/mol. The van der Waals surface area contributed by atoms with Gasteiger partial charge in [0.2, 0.25) is 0 Å². The summed E-state index contributed by atoms with van der Waals surface area (Å²) in [5.41, 5.74) is 1.15. The fourth-order valence-electron chi connectivity index (χ4n) is 2.00. The van der Waals surface area contributed by atoms with Crippen molar-refractivity contribution in [2.75, 3.05) is 0 Å². The Bertz CT molecular complexity index is 623. The molecular weight excluding hydrogens is 330 g/mol. The van der Waals surface area contributed by atoms with Crippen molar-refractivity contribution in [1.82, 2.24) is 5.32 Å². The van der Waals surface area contributed by atoms with Crippen LogP contribution < -0.4 is 5.32 Å². The van der Waals surface area contributed by atoms with Crippen molar-refractivity contribution in [3.63, 3.8) is 0 Å². The lowest BCUT2D eigenvalue weighted by Gasteiger charge is -2.16. The minimum absolute atomic E-state index is 0.0747. The Morgan fingerprint density at radius 1 is 1.00 bits per heavy atom. The van der Waals surface area contributed by atoms with E-state index in [1.165, 1.54) is 0 Å². The number of Topliss-reactive ketones (excluding diaryl/α,β-unsaturated/α-hetero) is 1. The summed E-state index contributed by atoms with van der Waals surface area (Å²) in [4.78, 5) is 24.6. The van der Waals surface area contributed by atoms with Crippen molar-refractivity contribution in [1.29, 1.82) is 0 Å². The molecule has 3 nitrogen and oxygen atoms in total. The van der Waals surface area contributed by atoms with Gasteiger partial charge in [0.1, 0.15) is 0 Å². The summed E-state index contributed by atoms with van der Waals surface area (Å²) in [7, 11) is 0. The number of benzene rings is 2. The quantitative estimate of drug-likeness (QED) is 0.836. The molecule has 0 aromatic heterocycles. The van der Waals surface area contributed by atoms with Gasteiger partial charge in [-0.25, -0.2) is 0 Å². The summed E-state index contributed by atoms with van der Waals surface area (Å²) in [6.07, 6.45) is 0.549. The highest BCUT2D eigenvalue weighted by Crippen LogP contribution is 2.13. The Morgan fingerprint density at radius 3 is 2.19 bits per heavy atom. The zero-order valence-electron chi connectivity index (χ0n) is 11.7. The number of halogens is 1. The second-order valence-electron chi connectivity index (χ2n) is 4.67. The first kappa shape index (κ1) is 15.4. The molecule has 0 aliphatic heterocycles. The van der Waals surface area contributed by atoms with Gasteiger partial charge in [-0.05, 0) is 30.7 Å². The molecule has 0 bridgehead atoms. The molecule has 0 spiro atoms. The van der Waals surface area contributed by atoms with E-state index in [-0.39, 0.29) is 11.7 Å². The summed E-state index contributed by atoms with van der Waals surface area (Å²) in [6, 6.07) is 15.5. The smallest absolute Gasteiger partial charge is 0.251 e. The van der Waals surface area contributed by atoms with Crippen LogP contribution in [0.3, 0.4) is 0 Å². The van der Waals surface area contributed by atoms with Crippen molar-refractivity contribution in [3.8, 4) is 0 Å². The topological polar surface area (TPSA) is 46.2 Å².